The Balaban J connectivity index is 1.71. The second kappa shape index (κ2) is 7.56. The summed E-state index contributed by atoms with van der Waals surface area (Å²) in [6.07, 6.45) is 6.09. The lowest BCUT2D eigenvalue weighted by Crippen LogP contribution is -2.47. The molecule has 5 nitrogen and oxygen atoms in total. The van der Waals surface area contributed by atoms with Gasteiger partial charge in [0.25, 0.3) is 0 Å². The molecule has 1 saturated heterocycles. The molecule has 1 saturated carbocycles. The first-order valence-corrected chi connectivity index (χ1v) is 8.32. The van der Waals surface area contributed by atoms with Gasteiger partial charge in [0.1, 0.15) is 0 Å². The van der Waals surface area contributed by atoms with Gasteiger partial charge in [0, 0.05) is 24.9 Å². The molecule has 1 unspecified atom stereocenters. The molecule has 0 aromatic heterocycles. The van der Waals surface area contributed by atoms with Crippen LogP contribution in [0.1, 0.15) is 52.4 Å². The Morgan fingerprint density at radius 3 is 2.52 bits per heavy atom. The maximum Gasteiger partial charge on any atom is 0.234 e. The summed E-state index contributed by atoms with van der Waals surface area (Å²) in [7, 11) is 2.04. The Bertz CT molecular complexity index is 332. The molecule has 1 atom stereocenters. The highest BCUT2D eigenvalue weighted by Crippen LogP contribution is 2.36. The van der Waals surface area contributed by atoms with E-state index in [4.69, 9.17) is 9.47 Å². The first-order valence-electron chi connectivity index (χ1n) is 8.32. The van der Waals surface area contributed by atoms with Crippen LogP contribution in [-0.4, -0.2) is 55.5 Å². The highest BCUT2D eigenvalue weighted by Gasteiger charge is 2.41. The number of hydrogen-bond donors (Lipinski definition) is 1. The number of nitrogens with one attached hydrogen (secondary N) is 1. The summed E-state index contributed by atoms with van der Waals surface area (Å²) >= 11 is 0. The van der Waals surface area contributed by atoms with E-state index in [9.17, 15) is 4.79 Å². The number of carbonyl (C=O) groups excluding carboxylic acids is 1. The normalized spacial score (nSPS) is 23.6. The first-order chi connectivity index (χ1) is 10.0. The third-order valence-electron chi connectivity index (χ3n) is 4.68. The van der Waals surface area contributed by atoms with Crippen LogP contribution in [0.15, 0.2) is 0 Å². The van der Waals surface area contributed by atoms with Crippen LogP contribution in [0.5, 0.6) is 0 Å². The molecule has 122 valence electrons. The minimum Gasteiger partial charge on any atom is -0.353 e. The fraction of sp³-hybridized carbons (Fsp3) is 0.938. The summed E-state index contributed by atoms with van der Waals surface area (Å²) in [6, 6.07) is 0.724. The Hall–Kier alpha value is -0.650. The van der Waals surface area contributed by atoms with E-state index in [2.05, 4.69) is 24.1 Å². The molecule has 0 aromatic carbocycles. The zero-order valence-electron chi connectivity index (χ0n) is 13.7. The van der Waals surface area contributed by atoms with Gasteiger partial charge in [-0.2, -0.15) is 0 Å². The summed E-state index contributed by atoms with van der Waals surface area (Å²) in [5.41, 5.74) is 0. The van der Waals surface area contributed by atoms with Crippen LogP contribution >= 0.6 is 0 Å². The molecule has 1 spiro atoms. The molecule has 1 aliphatic carbocycles. The van der Waals surface area contributed by atoms with E-state index >= 15 is 0 Å². The van der Waals surface area contributed by atoms with E-state index in [-0.39, 0.29) is 17.7 Å². The quantitative estimate of drug-likeness (QED) is 0.814. The van der Waals surface area contributed by atoms with Crippen molar-refractivity contribution in [1.82, 2.24) is 10.2 Å². The van der Waals surface area contributed by atoms with Crippen LogP contribution < -0.4 is 5.32 Å². The van der Waals surface area contributed by atoms with Crippen molar-refractivity contribution in [2.45, 2.75) is 70.2 Å². The van der Waals surface area contributed by atoms with Crippen molar-refractivity contribution in [1.29, 1.82) is 0 Å². The zero-order valence-corrected chi connectivity index (χ0v) is 13.7. The second-order valence-corrected chi connectivity index (χ2v) is 6.51. The smallest absolute Gasteiger partial charge is 0.234 e. The average Bonchev–Trinajstić information content (AvgIpc) is 2.87. The highest BCUT2D eigenvalue weighted by atomic mass is 16.7. The summed E-state index contributed by atoms with van der Waals surface area (Å²) in [6.45, 7) is 6.13. The molecule has 1 heterocycles. The van der Waals surface area contributed by atoms with E-state index in [1.165, 1.54) is 0 Å². The maximum absolute atomic E-state index is 12.0. The number of hydrogen-bond acceptors (Lipinski definition) is 4. The van der Waals surface area contributed by atoms with Crippen molar-refractivity contribution < 1.29 is 14.3 Å². The number of rotatable bonds is 6. The van der Waals surface area contributed by atoms with Crippen LogP contribution in [0, 0.1) is 0 Å². The van der Waals surface area contributed by atoms with Gasteiger partial charge in [-0.25, -0.2) is 0 Å². The van der Waals surface area contributed by atoms with Crippen molar-refractivity contribution in [3.63, 3.8) is 0 Å². The zero-order chi connectivity index (χ0) is 15.3. The molecule has 0 bridgehead atoms. The Morgan fingerprint density at radius 2 is 1.95 bits per heavy atom. The van der Waals surface area contributed by atoms with Crippen LogP contribution in [0.2, 0.25) is 0 Å². The highest BCUT2D eigenvalue weighted by molar-refractivity contribution is 5.78. The third kappa shape index (κ3) is 4.66. The fourth-order valence-electron chi connectivity index (χ4n) is 3.45. The molecule has 1 amide bonds. The van der Waals surface area contributed by atoms with E-state index < -0.39 is 0 Å². The molecule has 1 N–H and O–H groups in total. The predicted octanol–water partition coefficient (Wildman–Crippen LogP) is 1.91. The van der Waals surface area contributed by atoms with Gasteiger partial charge in [0.15, 0.2) is 5.79 Å². The molecule has 0 aromatic rings. The van der Waals surface area contributed by atoms with Crippen LogP contribution in [0.4, 0.5) is 0 Å². The van der Waals surface area contributed by atoms with Gasteiger partial charge >= 0.3 is 0 Å². The number of carbonyl (C=O) groups is 1. The molecule has 2 rings (SSSR count). The van der Waals surface area contributed by atoms with Crippen molar-refractivity contribution in [3.05, 3.63) is 0 Å². The largest absolute Gasteiger partial charge is 0.353 e. The summed E-state index contributed by atoms with van der Waals surface area (Å²) in [4.78, 5) is 14.2. The van der Waals surface area contributed by atoms with Gasteiger partial charge in [-0.05, 0) is 33.2 Å². The fourth-order valence-corrected chi connectivity index (χ4v) is 3.45. The molecule has 2 aliphatic rings. The summed E-state index contributed by atoms with van der Waals surface area (Å²) in [5, 5.41) is 3.07. The molecule has 21 heavy (non-hydrogen) atoms. The van der Waals surface area contributed by atoms with Crippen LogP contribution in [-0.2, 0) is 14.3 Å². The lowest BCUT2D eigenvalue weighted by atomic mass is 9.89. The lowest BCUT2D eigenvalue weighted by Gasteiger charge is -2.38. The Kier molecular flexibility index (Phi) is 6.02. The average molecular weight is 298 g/mol. The maximum atomic E-state index is 12.0. The molecular weight excluding hydrogens is 268 g/mol. The van der Waals surface area contributed by atoms with Crippen LogP contribution in [0.25, 0.3) is 0 Å². The summed E-state index contributed by atoms with van der Waals surface area (Å²) in [5.74, 6) is -0.179. The molecule has 5 heteroatoms. The lowest BCUT2D eigenvalue weighted by molar-refractivity contribution is -0.183. The number of nitrogens with zero attached hydrogens (tertiary/aromatic N) is 1. The topological polar surface area (TPSA) is 50.8 Å². The van der Waals surface area contributed by atoms with Crippen molar-refractivity contribution in [3.8, 4) is 0 Å². The van der Waals surface area contributed by atoms with Gasteiger partial charge in [0.05, 0.1) is 19.8 Å². The predicted molar refractivity (Wildman–Crippen MR) is 82.0 cm³/mol. The van der Waals surface area contributed by atoms with Gasteiger partial charge in [-0.3, -0.25) is 9.69 Å². The first kappa shape index (κ1) is 16.7. The summed E-state index contributed by atoms with van der Waals surface area (Å²) < 4.78 is 11.5. The monoisotopic (exact) mass is 298 g/mol. The van der Waals surface area contributed by atoms with Gasteiger partial charge in [-0.1, -0.05) is 13.3 Å². The van der Waals surface area contributed by atoms with E-state index in [1.54, 1.807) is 0 Å². The number of ether oxygens (including phenoxy) is 2. The number of amides is 1. The van der Waals surface area contributed by atoms with Crippen LogP contribution in [0.3, 0.4) is 0 Å². The molecule has 1 aliphatic heterocycles. The molecule has 2 fully saturated rings. The van der Waals surface area contributed by atoms with Gasteiger partial charge < -0.3 is 14.8 Å². The van der Waals surface area contributed by atoms with Crippen molar-refractivity contribution in [2.75, 3.05) is 26.8 Å². The second-order valence-electron chi connectivity index (χ2n) is 6.51. The Labute approximate surface area is 128 Å². The van der Waals surface area contributed by atoms with Crippen molar-refractivity contribution in [2.24, 2.45) is 0 Å². The van der Waals surface area contributed by atoms with E-state index in [0.717, 1.165) is 51.7 Å². The Morgan fingerprint density at radius 1 is 1.33 bits per heavy atom. The van der Waals surface area contributed by atoms with E-state index in [0.29, 0.717) is 12.6 Å². The molecular formula is C16H30N2O3. The minimum atomic E-state index is -0.310. The molecule has 0 radical (unpaired) electrons. The standard InChI is InChI=1S/C16H30N2O3/c1-4-5-13(2)17-15(19)12-18(3)14-6-8-16(9-7-14)20-10-11-21-16/h13-14H,4-12H2,1-3H3,(H,17,19). The number of likely N-dealkylation sites (N-methyl/N-ethyl adjacent to an activating group) is 1. The van der Waals surface area contributed by atoms with Gasteiger partial charge in [0.2, 0.25) is 5.91 Å². The third-order valence-corrected chi connectivity index (χ3v) is 4.68. The minimum absolute atomic E-state index is 0.132. The van der Waals surface area contributed by atoms with E-state index in [1.807, 2.05) is 7.05 Å². The van der Waals surface area contributed by atoms with Crippen molar-refractivity contribution >= 4 is 5.91 Å². The van der Waals surface area contributed by atoms with Gasteiger partial charge in [-0.15, -0.1) is 0 Å². The SMILES string of the molecule is CCCC(C)NC(=O)CN(C)C1CCC2(CC1)OCCO2.